The van der Waals surface area contributed by atoms with E-state index in [1.807, 2.05) is 48.5 Å². The second kappa shape index (κ2) is 7.40. The van der Waals surface area contributed by atoms with Crippen molar-refractivity contribution in [3.05, 3.63) is 67.1 Å². The minimum Gasteiger partial charge on any atom is -0.497 e. The van der Waals surface area contributed by atoms with Gasteiger partial charge in [-0.15, -0.1) is 0 Å². The molecule has 0 saturated carbocycles. The lowest BCUT2D eigenvalue weighted by Crippen LogP contribution is -1.92. The lowest BCUT2D eigenvalue weighted by molar-refractivity contribution is 0.415. The summed E-state index contributed by atoms with van der Waals surface area (Å²) in [6.07, 6.45) is 3.22. The summed E-state index contributed by atoms with van der Waals surface area (Å²) in [6.45, 7) is 0. The molecule has 0 unspecified atom stereocenters. The SMILES string of the molecule is COc1ccc2nc(Sc3cc(Oc4cccc5cccnc45)ncn3)[nH]c2c1. The smallest absolute Gasteiger partial charge is 0.223 e. The molecule has 2 aromatic carbocycles. The molecule has 7 nitrogen and oxygen atoms in total. The van der Waals surface area contributed by atoms with Crippen molar-refractivity contribution < 1.29 is 9.47 Å². The Bertz CT molecular complexity index is 1320. The number of methoxy groups -OCH3 is 1. The summed E-state index contributed by atoms with van der Waals surface area (Å²) >= 11 is 1.40. The van der Waals surface area contributed by atoms with Crippen molar-refractivity contribution in [1.82, 2.24) is 24.9 Å². The van der Waals surface area contributed by atoms with E-state index < -0.39 is 0 Å². The first-order valence-electron chi connectivity index (χ1n) is 8.84. The molecule has 0 aliphatic carbocycles. The first-order valence-corrected chi connectivity index (χ1v) is 9.65. The van der Waals surface area contributed by atoms with Gasteiger partial charge in [-0.2, -0.15) is 0 Å². The maximum Gasteiger partial charge on any atom is 0.223 e. The molecule has 0 aliphatic rings. The highest BCUT2D eigenvalue weighted by molar-refractivity contribution is 7.99. The average Bonchev–Trinajstić information content (AvgIpc) is 3.15. The Hall–Kier alpha value is -3.65. The Morgan fingerprint density at radius 1 is 0.966 bits per heavy atom. The number of aromatic nitrogens is 5. The third-order valence-corrected chi connectivity index (χ3v) is 5.11. The molecule has 0 radical (unpaired) electrons. The number of rotatable bonds is 5. The van der Waals surface area contributed by atoms with Gasteiger partial charge in [-0.05, 0) is 36.0 Å². The number of benzene rings is 2. The van der Waals surface area contributed by atoms with E-state index in [9.17, 15) is 0 Å². The molecule has 0 aliphatic heterocycles. The van der Waals surface area contributed by atoms with Crippen LogP contribution in [0.15, 0.2) is 77.3 Å². The molecule has 3 heterocycles. The highest BCUT2D eigenvalue weighted by Crippen LogP contribution is 2.31. The van der Waals surface area contributed by atoms with Crippen molar-refractivity contribution in [2.45, 2.75) is 10.2 Å². The molecule has 0 fully saturated rings. The number of hydrogen-bond acceptors (Lipinski definition) is 7. The zero-order chi connectivity index (χ0) is 19.6. The summed E-state index contributed by atoms with van der Waals surface area (Å²) in [6, 6.07) is 17.2. The third-order valence-electron chi connectivity index (χ3n) is 4.30. The second-order valence-corrected chi connectivity index (χ2v) is 7.16. The minimum atomic E-state index is 0.443. The molecule has 1 N–H and O–H groups in total. The van der Waals surface area contributed by atoms with E-state index in [1.54, 1.807) is 19.4 Å². The van der Waals surface area contributed by atoms with Crippen molar-refractivity contribution in [3.63, 3.8) is 0 Å². The van der Waals surface area contributed by atoms with Crippen molar-refractivity contribution in [1.29, 1.82) is 0 Å². The highest BCUT2D eigenvalue weighted by atomic mass is 32.2. The van der Waals surface area contributed by atoms with Crippen LogP contribution in [-0.4, -0.2) is 32.0 Å². The van der Waals surface area contributed by atoms with Crippen LogP contribution in [0.3, 0.4) is 0 Å². The molecule has 5 aromatic rings. The molecule has 0 amide bonds. The van der Waals surface area contributed by atoms with Crippen LogP contribution in [0.4, 0.5) is 0 Å². The van der Waals surface area contributed by atoms with Crippen molar-refractivity contribution in [2.75, 3.05) is 7.11 Å². The molecule has 0 spiro atoms. The summed E-state index contributed by atoms with van der Waals surface area (Å²) in [5.41, 5.74) is 2.55. The van der Waals surface area contributed by atoms with Gasteiger partial charge in [0.2, 0.25) is 5.88 Å². The van der Waals surface area contributed by atoms with Crippen molar-refractivity contribution in [2.24, 2.45) is 0 Å². The number of ether oxygens (including phenoxy) is 2. The zero-order valence-electron chi connectivity index (χ0n) is 15.4. The number of aromatic amines is 1. The van der Waals surface area contributed by atoms with E-state index in [2.05, 4.69) is 24.9 Å². The van der Waals surface area contributed by atoms with Crippen LogP contribution >= 0.6 is 11.8 Å². The predicted octanol–water partition coefficient (Wildman–Crippen LogP) is 4.85. The third kappa shape index (κ3) is 3.57. The first-order chi connectivity index (χ1) is 14.3. The van der Waals surface area contributed by atoms with Gasteiger partial charge >= 0.3 is 0 Å². The topological polar surface area (TPSA) is 85.8 Å². The Balaban J connectivity index is 1.41. The Labute approximate surface area is 170 Å². The summed E-state index contributed by atoms with van der Waals surface area (Å²) in [5.74, 6) is 1.87. The minimum absolute atomic E-state index is 0.443. The molecular weight excluding hydrogens is 386 g/mol. The van der Waals surface area contributed by atoms with Crippen LogP contribution in [0.2, 0.25) is 0 Å². The van der Waals surface area contributed by atoms with Gasteiger partial charge in [0.25, 0.3) is 0 Å². The molecular formula is C21H15N5O2S. The summed E-state index contributed by atoms with van der Waals surface area (Å²) in [5, 5.41) is 2.45. The van der Waals surface area contributed by atoms with E-state index >= 15 is 0 Å². The summed E-state index contributed by atoms with van der Waals surface area (Å²) in [4.78, 5) is 20.8. The van der Waals surface area contributed by atoms with Gasteiger partial charge in [-0.1, -0.05) is 18.2 Å². The van der Waals surface area contributed by atoms with Gasteiger partial charge in [0, 0.05) is 23.7 Å². The van der Waals surface area contributed by atoms with E-state index in [4.69, 9.17) is 9.47 Å². The van der Waals surface area contributed by atoms with E-state index in [0.29, 0.717) is 16.7 Å². The number of imidazole rings is 1. The van der Waals surface area contributed by atoms with Gasteiger partial charge in [0.1, 0.15) is 22.6 Å². The van der Waals surface area contributed by atoms with Crippen LogP contribution in [0.25, 0.3) is 21.9 Å². The van der Waals surface area contributed by atoms with E-state index in [1.165, 1.54) is 18.1 Å². The van der Waals surface area contributed by atoms with Gasteiger partial charge < -0.3 is 14.5 Å². The number of nitrogens with zero attached hydrogens (tertiary/aromatic N) is 4. The average molecular weight is 401 g/mol. The molecule has 29 heavy (non-hydrogen) atoms. The number of nitrogens with one attached hydrogen (secondary N) is 1. The maximum atomic E-state index is 5.99. The monoisotopic (exact) mass is 401 g/mol. The van der Waals surface area contributed by atoms with Crippen LogP contribution in [0, 0.1) is 0 Å². The Kier molecular flexibility index (Phi) is 4.45. The van der Waals surface area contributed by atoms with Gasteiger partial charge in [-0.25, -0.2) is 15.0 Å². The highest BCUT2D eigenvalue weighted by Gasteiger charge is 2.10. The fourth-order valence-corrected chi connectivity index (χ4v) is 3.71. The number of para-hydroxylation sites is 1. The Morgan fingerprint density at radius 3 is 2.83 bits per heavy atom. The van der Waals surface area contributed by atoms with Crippen LogP contribution < -0.4 is 9.47 Å². The molecule has 0 saturated heterocycles. The lowest BCUT2D eigenvalue weighted by Gasteiger charge is -2.07. The molecule has 0 bridgehead atoms. The number of fused-ring (bicyclic) bond motifs is 2. The molecule has 3 aromatic heterocycles. The lowest BCUT2D eigenvalue weighted by atomic mass is 10.2. The fraction of sp³-hybridized carbons (Fsp3) is 0.0476. The van der Waals surface area contributed by atoms with Gasteiger partial charge in [0.05, 0.1) is 18.1 Å². The maximum absolute atomic E-state index is 5.99. The fourth-order valence-electron chi connectivity index (χ4n) is 2.95. The van der Waals surface area contributed by atoms with Gasteiger partial charge in [0.15, 0.2) is 10.9 Å². The van der Waals surface area contributed by atoms with Crippen LogP contribution in [0.5, 0.6) is 17.4 Å². The second-order valence-electron chi connectivity index (χ2n) is 6.15. The first kappa shape index (κ1) is 17.4. The normalized spacial score (nSPS) is 11.1. The quantitative estimate of drug-likeness (QED) is 0.421. The van der Waals surface area contributed by atoms with Crippen molar-refractivity contribution >= 4 is 33.7 Å². The molecule has 0 atom stereocenters. The Morgan fingerprint density at radius 2 is 1.90 bits per heavy atom. The zero-order valence-corrected chi connectivity index (χ0v) is 16.2. The predicted molar refractivity (Wildman–Crippen MR) is 111 cm³/mol. The van der Waals surface area contributed by atoms with E-state index in [0.717, 1.165) is 32.8 Å². The van der Waals surface area contributed by atoms with Crippen molar-refractivity contribution in [3.8, 4) is 17.4 Å². The molecule has 5 rings (SSSR count). The standard InChI is InChI=1S/C21H15N5O2S/c1-27-14-7-8-15-16(10-14)26-21(25-15)29-19-11-18(23-12-24-19)28-17-6-2-4-13-5-3-9-22-20(13)17/h2-12H,1H3,(H,25,26). The molecule has 142 valence electrons. The van der Waals surface area contributed by atoms with Gasteiger partial charge in [-0.3, -0.25) is 4.98 Å². The van der Waals surface area contributed by atoms with Crippen LogP contribution in [0.1, 0.15) is 0 Å². The largest absolute Gasteiger partial charge is 0.497 e. The van der Waals surface area contributed by atoms with Crippen LogP contribution in [-0.2, 0) is 0 Å². The molecule has 8 heteroatoms. The number of H-pyrrole nitrogens is 1. The summed E-state index contributed by atoms with van der Waals surface area (Å²) < 4.78 is 11.2. The van der Waals surface area contributed by atoms with E-state index in [-0.39, 0.29) is 0 Å². The number of hydrogen-bond donors (Lipinski definition) is 1. The summed E-state index contributed by atoms with van der Waals surface area (Å²) in [7, 11) is 1.64. The number of pyridine rings is 1.